The van der Waals surface area contributed by atoms with Crippen LogP contribution in [0.2, 0.25) is 0 Å². The van der Waals surface area contributed by atoms with E-state index in [-0.39, 0.29) is 0 Å². The highest BCUT2D eigenvalue weighted by Gasteiger charge is 2.02. The molecule has 1 N–H and O–H groups in total. The second-order valence-electron chi connectivity index (χ2n) is 3.27. The Balaban J connectivity index is 2.37. The van der Waals surface area contributed by atoms with Gasteiger partial charge in [0.05, 0.1) is 0 Å². The molecule has 3 heteroatoms. The lowest BCUT2D eigenvalue weighted by Gasteiger charge is -2.08. The van der Waals surface area contributed by atoms with Crippen molar-refractivity contribution >= 4 is 23.4 Å². The van der Waals surface area contributed by atoms with E-state index in [9.17, 15) is 5.11 Å². The molecule has 0 amide bonds. The van der Waals surface area contributed by atoms with Crippen molar-refractivity contribution in [1.82, 2.24) is 0 Å². The number of thioether (sulfide) groups is 1. The average Bonchev–Trinajstić information content (AvgIpc) is 2.15. The van der Waals surface area contributed by atoms with Gasteiger partial charge in [-0.1, -0.05) is 19.1 Å². The first-order valence-corrected chi connectivity index (χ1v) is 6.26. The zero-order valence-electron chi connectivity index (χ0n) is 8.24. The van der Waals surface area contributed by atoms with E-state index in [0.717, 1.165) is 17.7 Å². The van der Waals surface area contributed by atoms with E-state index < -0.39 is 0 Å². The van der Waals surface area contributed by atoms with Gasteiger partial charge in [-0.25, -0.2) is 0 Å². The second kappa shape index (κ2) is 6.20. The first kappa shape index (κ1) is 11.7. The van der Waals surface area contributed by atoms with Crippen LogP contribution in [0.4, 0.5) is 0 Å². The van der Waals surface area contributed by atoms with Gasteiger partial charge in [-0.2, -0.15) is 11.8 Å². The summed E-state index contributed by atoms with van der Waals surface area (Å²) in [5, 5.41) is 9.83. The third-order valence-electron chi connectivity index (χ3n) is 1.96. The van der Waals surface area contributed by atoms with Crippen molar-refractivity contribution in [3.8, 4) is 5.75 Å². The molecule has 0 aliphatic heterocycles. The van der Waals surface area contributed by atoms with E-state index in [0.29, 0.717) is 16.9 Å². The molecule has 0 fully saturated rings. The molecule has 1 nitrogen and oxygen atoms in total. The zero-order valence-corrected chi connectivity index (χ0v) is 9.81. The molecule has 1 unspecified atom stereocenters. The average molecular weight is 231 g/mol. The fourth-order valence-corrected chi connectivity index (χ4v) is 2.52. The van der Waals surface area contributed by atoms with Gasteiger partial charge in [0.15, 0.2) is 0 Å². The maximum Gasteiger partial charge on any atom is 0.115 e. The molecular formula is C11H15ClOS. The van der Waals surface area contributed by atoms with Gasteiger partial charge >= 0.3 is 0 Å². The summed E-state index contributed by atoms with van der Waals surface area (Å²) in [5.74, 6) is 1.99. The minimum atomic E-state index is 0.341. The van der Waals surface area contributed by atoms with Gasteiger partial charge in [0, 0.05) is 16.9 Å². The monoisotopic (exact) mass is 230 g/mol. The molecule has 0 aliphatic carbocycles. The predicted molar refractivity (Wildman–Crippen MR) is 64.2 cm³/mol. The fourth-order valence-electron chi connectivity index (χ4n) is 1.12. The lowest BCUT2D eigenvalue weighted by Crippen LogP contribution is -1.97. The summed E-state index contributed by atoms with van der Waals surface area (Å²) < 4.78 is 0. The normalized spacial score (nSPS) is 12.7. The Hall–Kier alpha value is -0.340. The van der Waals surface area contributed by atoms with Crippen LogP contribution in [-0.2, 0) is 5.75 Å². The van der Waals surface area contributed by atoms with Crippen molar-refractivity contribution < 1.29 is 5.11 Å². The number of alkyl halides is 1. The van der Waals surface area contributed by atoms with Crippen molar-refractivity contribution in [1.29, 1.82) is 0 Å². The molecule has 0 heterocycles. The number of phenols is 1. The van der Waals surface area contributed by atoms with E-state index in [4.69, 9.17) is 11.6 Å². The molecule has 0 spiro atoms. The van der Waals surface area contributed by atoms with Crippen LogP contribution in [0.5, 0.6) is 5.75 Å². The summed E-state index contributed by atoms with van der Waals surface area (Å²) in [6.07, 6.45) is 1.03. The molecule has 1 atom stereocenters. The smallest absolute Gasteiger partial charge is 0.115 e. The number of hydrogen-bond acceptors (Lipinski definition) is 2. The Kier molecular flexibility index (Phi) is 5.20. The van der Waals surface area contributed by atoms with Gasteiger partial charge in [0.2, 0.25) is 0 Å². The highest BCUT2D eigenvalue weighted by molar-refractivity contribution is 7.99. The molecule has 0 radical (unpaired) electrons. The van der Waals surface area contributed by atoms with Crippen LogP contribution in [0.15, 0.2) is 24.3 Å². The van der Waals surface area contributed by atoms with Crippen molar-refractivity contribution in [2.45, 2.75) is 24.3 Å². The van der Waals surface area contributed by atoms with Crippen LogP contribution < -0.4 is 0 Å². The number of aromatic hydroxyl groups is 1. The predicted octanol–water partition coefficient (Wildman–Crippen LogP) is 3.64. The Bertz CT molecular complexity index is 278. The minimum Gasteiger partial charge on any atom is -0.508 e. The highest BCUT2D eigenvalue weighted by atomic mass is 35.5. The van der Waals surface area contributed by atoms with Gasteiger partial charge in [-0.3, -0.25) is 0 Å². The van der Waals surface area contributed by atoms with Crippen LogP contribution >= 0.6 is 23.4 Å². The van der Waals surface area contributed by atoms with Crippen LogP contribution in [0.25, 0.3) is 0 Å². The second-order valence-corrected chi connectivity index (χ2v) is 5.07. The standard InChI is InChI=1S/C11H15ClOS/c1-9(5-6-12)14-8-10-3-2-4-11(13)7-10/h2-4,7,9,13H,5-6,8H2,1H3. The van der Waals surface area contributed by atoms with Crippen LogP contribution in [0.3, 0.4) is 0 Å². The summed E-state index contributed by atoms with van der Waals surface area (Å²) in [7, 11) is 0. The first-order valence-electron chi connectivity index (χ1n) is 4.68. The number of rotatable bonds is 5. The molecule has 0 bridgehead atoms. The van der Waals surface area contributed by atoms with Crippen LogP contribution in [0.1, 0.15) is 18.9 Å². The molecule has 1 aromatic rings. The molecule has 0 aliphatic rings. The summed E-state index contributed by atoms with van der Waals surface area (Å²) in [5.41, 5.74) is 1.16. The van der Waals surface area contributed by atoms with Gasteiger partial charge in [-0.15, -0.1) is 11.6 Å². The van der Waals surface area contributed by atoms with E-state index in [1.165, 1.54) is 0 Å². The van der Waals surface area contributed by atoms with E-state index in [1.807, 2.05) is 23.9 Å². The van der Waals surface area contributed by atoms with E-state index in [2.05, 4.69) is 6.92 Å². The van der Waals surface area contributed by atoms with Crippen molar-refractivity contribution in [2.24, 2.45) is 0 Å². The summed E-state index contributed by atoms with van der Waals surface area (Å²) >= 11 is 7.52. The van der Waals surface area contributed by atoms with Crippen molar-refractivity contribution in [3.63, 3.8) is 0 Å². The van der Waals surface area contributed by atoms with Gasteiger partial charge in [-0.05, 0) is 24.1 Å². The first-order chi connectivity index (χ1) is 6.72. The molecule has 1 aromatic carbocycles. The number of phenolic OH excluding ortho intramolecular Hbond substituents is 1. The lowest BCUT2D eigenvalue weighted by atomic mass is 10.2. The molecule has 78 valence electrons. The quantitative estimate of drug-likeness (QED) is 0.780. The van der Waals surface area contributed by atoms with Gasteiger partial charge in [0.25, 0.3) is 0 Å². The Morgan fingerprint density at radius 3 is 2.93 bits per heavy atom. The van der Waals surface area contributed by atoms with Crippen molar-refractivity contribution in [3.05, 3.63) is 29.8 Å². The van der Waals surface area contributed by atoms with Gasteiger partial charge in [0.1, 0.15) is 5.75 Å². The maximum atomic E-state index is 9.25. The molecule has 1 rings (SSSR count). The summed E-state index contributed by atoms with van der Waals surface area (Å²) in [6, 6.07) is 7.40. The molecular weight excluding hydrogens is 216 g/mol. The lowest BCUT2D eigenvalue weighted by molar-refractivity contribution is 0.475. The molecule has 0 saturated heterocycles. The summed E-state index contributed by atoms with van der Waals surface area (Å²) in [4.78, 5) is 0. The van der Waals surface area contributed by atoms with Crippen LogP contribution in [-0.4, -0.2) is 16.2 Å². The zero-order chi connectivity index (χ0) is 10.4. The molecule has 0 saturated carbocycles. The summed E-state index contributed by atoms with van der Waals surface area (Å²) in [6.45, 7) is 2.18. The topological polar surface area (TPSA) is 20.2 Å². The Morgan fingerprint density at radius 2 is 2.29 bits per heavy atom. The van der Waals surface area contributed by atoms with Crippen molar-refractivity contribution in [2.75, 3.05) is 5.88 Å². The number of hydrogen-bond donors (Lipinski definition) is 1. The Morgan fingerprint density at radius 1 is 1.50 bits per heavy atom. The molecule has 14 heavy (non-hydrogen) atoms. The highest BCUT2D eigenvalue weighted by Crippen LogP contribution is 2.22. The molecule has 0 aromatic heterocycles. The maximum absolute atomic E-state index is 9.25. The SMILES string of the molecule is CC(CCCl)SCc1cccc(O)c1. The Labute approximate surface area is 94.5 Å². The van der Waals surface area contributed by atoms with E-state index in [1.54, 1.807) is 12.1 Å². The third kappa shape index (κ3) is 4.25. The van der Waals surface area contributed by atoms with Crippen LogP contribution in [0, 0.1) is 0 Å². The third-order valence-corrected chi connectivity index (χ3v) is 3.48. The number of halogens is 1. The van der Waals surface area contributed by atoms with Gasteiger partial charge < -0.3 is 5.11 Å². The number of benzene rings is 1. The largest absolute Gasteiger partial charge is 0.508 e. The van der Waals surface area contributed by atoms with E-state index >= 15 is 0 Å². The fraction of sp³-hybridized carbons (Fsp3) is 0.455. The minimum absolute atomic E-state index is 0.341.